The summed E-state index contributed by atoms with van der Waals surface area (Å²) < 4.78 is 27.0. The molecule has 2 fully saturated rings. The molecule has 1 saturated carbocycles. The zero-order valence-corrected chi connectivity index (χ0v) is 16.8. The lowest BCUT2D eigenvalue weighted by Gasteiger charge is -2.35. The van der Waals surface area contributed by atoms with E-state index < -0.39 is 10.0 Å². The second-order valence-corrected chi connectivity index (χ2v) is 9.50. The van der Waals surface area contributed by atoms with Crippen LogP contribution in [0.25, 0.3) is 0 Å². The summed E-state index contributed by atoms with van der Waals surface area (Å²) in [6, 6.07) is 4.53. The van der Waals surface area contributed by atoms with E-state index in [-0.39, 0.29) is 35.1 Å². The molecule has 1 aromatic rings. The average Bonchev–Trinajstić information content (AvgIpc) is 2.64. The Morgan fingerprint density at radius 3 is 2.35 bits per heavy atom. The Kier molecular flexibility index (Phi) is 6.33. The smallest absolute Gasteiger partial charge is 0.317 e. The molecule has 1 aliphatic heterocycles. The molecule has 0 atom stereocenters. The van der Waals surface area contributed by atoms with Gasteiger partial charge < -0.3 is 10.2 Å². The Morgan fingerprint density at radius 1 is 1.04 bits per heavy atom. The van der Waals surface area contributed by atoms with Gasteiger partial charge in [0.05, 0.1) is 5.02 Å². The van der Waals surface area contributed by atoms with Crippen LogP contribution < -0.4 is 5.32 Å². The van der Waals surface area contributed by atoms with Crippen molar-refractivity contribution < 1.29 is 13.2 Å². The highest BCUT2D eigenvalue weighted by atomic mass is 35.5. The molecule has 0 unspecified atom stereocenters. The lowest BCUT2D eigenvalue weighted by molar-refractivity contribution is 0.166. The first-order valence-electron chi connectivity index (χ1n) is 8.88. The molecular formula is C17H23Cl2N3O3S. The molecule has 0 radical (unpaired) electrons. The van der Waals surface area contributed by atoms with Gasteiger partial charge in [-0.1, -0.05) is 42.5 Å². The van der Waals surface area contributed by atoms with E-state index in [0.29, 0.717) is 18.1 Å². The third kappa shape index (κ3) is 4.44. The molecule has 1 N–H and O–H groups in total. The van der Waals surface area contributed by atoms with Gasteiger partial charge in [-0.2, -0.15) is 4.31 Å². The van der Waals surface area contributed by atoms with E-state index in [1.807, 2.05) is 0 Å². The molecule has 2 aliphatic rings. The lowest BCUT2D eigenvalue weighted by Crippen LogP contribution is -2.54. The Labute approximate surface area is 164 Å². The fourth-order valence-electron chi connectivity index (χ4n) is 3.46. The summed E-state index contributed by atoms with van der Waals surface area (Å²) in [5.41, 5.74) is 0. The second-order valence-electron chi connectivity index (χ2n) is 6.75. The third-order valence-electron chi connectivity index (χ3n) is 4.97. The van der Waals surface area contributed by atoms with Crippen LogP contribution in [0.15, 0.2) is 23.1 Å². The number of benzene rings is 1. The molecule has 26 heavy (non-hydrogen) atoms. The van der Waals surface area contributed by atoms with Crippen molar-refractivity contribution in [2.45, 2.75) is 43.0 Å². The van der Waals surface area contributed by atoms with Crippen LogP contribution in [0, 0.1) is 0 Å². The summed E-state index contributed by atoms with van der Waals surface area (Å²) in [7, 11) is -3.73. The predicted molar refractivity (Wildman–Crippen MR) is 102 cm³/mol. The van der Waals surface area contributed by atoms with E-state index >= 15 is 0 Å². The molecule has 0 bridgehead atoms. The van der Waals surface area contributed by atoms with Crippen LogP contribution in [-0.2, 0) is 10.0 Å². The minimum Gasteiger partial charge on any atom is -0.335 e. The van der Waals surface area contributed by atoms with Gasteiger partial charge in [-0.05, 0) is 31.0 Å². The lowest BCUT2D eigenvalue weighted by atomic mass is 9.96. The van der Waals surface area contributed by atoms with Crippen LogP contribution in [0.2, 0.25) is 10.0 Å². The molecule has 0 spiro atoms. The first-order chi connectivity index (χ1) is 12.4. The van der Waals surface area contributed by atoms with Gasteiger partial charge in [0.25, 0.3) is 0 Å². The molecule has 1 aromatic carbocycles. The van der Waals surface area contributed by atoms with Crippen molar-refractivity contribution in [3.05, 3.63) is 28.2 Å². The standard InChI is InChI=1S/C17H23Cl2N3O3S/c18-13-6-7-15(19)16(12-13)26(24,25)22-10-8-21(9-11-22)17(23)20-14-4-2-1-3-5-14/h6-7,12,14H,1-5,8-11H2,(H,20,23). The number of nitrogens with zero attached hydrogens (tertiary/aromatic N) is 2. The molecule has 1 saturated heterocycles. The first kappa shape index (κ1) is 19.7. The molecule has 144 valence electrons. The number of carbonyl (C=O) groups excluding carboxylic acids is 1. The Morgan fingerprint density at radius 2 is 1.69 bits per heavy atom. The van der Waals surface area contributed by atoms with Crippen LogP contribution in [0.3, 0.4) is 0 Å². The van der Waals surface area contributed by atoms with Gasteiger partial charge in [0.15, 0.2) is 0 Å². The largest absolute Gasteiger partial charge is 0.335 e. The first-order valence-corrected chi connectivity index (χ1v) is 11.1. The van der Waals surface area contributed by atoms with Crippen molar-refractivity contribution in [3.8, 4) is 0 Å². The maximum Gasteiger partial charge on any atom is 0.317 e. The number of carbonyl (C=O) groups is 1. The SMILES string of the molecule is O=C(NC1CCCCC1)N1CCN(S(=O)(=O)c2cc(Cl)ccc2Cl)CC1. The van der Waals surface area contributed by atoms with Crippen LogP contribution in [-0.4, -0.2) is 55.9 Å². The average molecular weight is 420 g/mol. The van der Waals surface area contributed by atoms with Crippen molar-refractivity contribution in [3.63, 3.8) is 0 Å². The predicted octanol–water partition coefficient (Wildman–Crippen LogP) is 3.34. The molecule has 0 aromatic heterocycles. The number of urea groups is 1. The zero-order valence-electron chi connectivity index (χ0n) is 14.5. The van der Waals surface area contributed by atoms with Gasteiger partial charge in [0, 0.05) is 37.2 Å². The van der Waals surface area contributed by atoms with Crippen LogP contribution in [0.1, 0.15) is 32.1 Å². The summed E-state index contributed by atoms with van der Waals surface area (Å²) in [5.74, 6) is 0. The molecule has 3 rings (SSSR count). The number of hydrogen-bond acceptors (Lipinski definition) is 3. The molecule has 1 aliphatic carbocycles. The fraction of sp³-hybridized carbons (Fsp3) is 0.588. The van der Waals surface area contributed by atoms with Gasteiger partial charge >= 0.3 is 6.03 Å². The van der Waals surface area contributed by atoms with Crippen LogP contribution in [0.5, 0.6) is 0 Å². The van der Waals surface area contributed by atoms with Gasteiger partial charge in [0.2, 0.25) is 10.0 Å². The highest BCUT2D eigenvalue weighted by molar-refractivity contribution is 7.89. The number of halogens is 2. The minimum atomic E-state index is -3.73. The summed E-state index contributed by atoms with van der Waals surface area (Å²) in [5, 5.41) is 3.53. The summed E-state index contributed by atoms with van der Waals surface area (Å²) in [6.07, 6.45) is 5.57. The van der Waals surface area contributed by atoms with E-state index in [9.17, 15) is 13.2 Å². The Balaban J connectivity index is 1.60. The van der Waals surface area contributed by atoms with Crippen molar-refractivity contribution in [1.82, 2.24) is 14.5 Å². The van der Waals surface area contributed by atoms with E-state index in [1.54, 1.807) is 11.0 Å². The normalized spacial score (nSPS) is 20.2. The van der Waals surface area contributed by atoms with Crippen molar-refractivity contribution in [2.75, 3.05) is 26.2 Å². The number of rotatable bonds is 3. The topological polar surface area (TPSA) is 69.7 Å². The highest BCUT2D eigenvalue weighted by Crippen LogP contribution is 2.28. The Hall–Kier alpha value is -1.02. The highest BCUT2D eigenvalue weighted by Gasteiger charge is 2.32. The number of nitrogens with one attached hydrogen (secondary N) is 1. The maximum absolute atomic E-state index is 12.8. The van der Waals surface area contributed by atoms with E-state index in [0.717, 1.165) is 25.7 Å². The zero-order chi connectivity index (χ0) is 18.7. The maximum atomic E-state index is 12.8. The molecule has 9 heteroatoms. The number of sulfonamides is 1. The van der Waals surface area contributed by atoms with E-state index in [1.165, 1.54) is 22.9 Å². The monoisotopic (exact) mass is 419 g/mol. The minimum absolute atomic E-state index is 0.00627. The van der Waals surface area contributed by atoms with Crippen molar-refractivity contribution in [1.29, 1.82) is 0 Å². The van der Waals surface area contributed by atoms with E-state index in [4.69, 9.17) is 23.2 Å². The summed E-state index contributed by atoms with van der Waals surface area (Å²) >= 11 is 12.0. The molecule has 6 nitrogen and oxygen atoms in total. The van der Waals surface area contributed by atoms with Gasteiger partial charge in [0.1, 0.15) is 4.90 Å². The van der Waals surface area contributed by atoms with Gasteiger partial charge in [-0.3, -0.25) is 0 Å². The summed E-state index contributed by atoms with van der Waals surface area (Å²) in [6.45, 7) is 1.19. The van der Waals surface area contributed by atoms with Gasteiger partial charge in [-0.25, -0.2) is 13.2 Å². The van der Waals surface area contributed by atoms with Crippen LogP contribution in [0.4, 0.5) is 4.79 Å². The number of amides is 2. The number of piperazine rings is 1. The summed E-state index contributed by atoms with van der Waals surface area (Å²) in [4.78, 5) is 14.1. The third-order valence-corrected chi connectivity index (χ3v) is 7.58. The van der Waals surface area contributed by atoms with Crippen molar-refractivity contribution in [2.24, 2.45) is 0 Å². The molecule has 2 amide bonds. The van der Waals surface area contributed by atoms with Crippen LogP contribution >= 0.6 is 23.2 Å². The quantitative estimate of drug-likeness (QED) is 0.816. The van der Waals surface area contributed by atoms with Crippen molar-refractivity contribution >= 4 is 39.3 Å². The fourth-order valence-corrected chi connectivity index (χ4v) is 5.62. The Bertz CT molecular complexity index is 759. The van der Waals surface area contributed by atoms with E-state index in [2.05, 4.69) is 5.32 Å². The van der Waals surface area contributed by atoms with Gasteiger partial charge in [-0.15, -0.1) is 0 Å². The molecular weight excluding hydrogens is 397 g/mol. The number of hydrogen-bond donors (Lipinski definition) is 1. The second kappa shape index (κ2) is 8.33. The molecule has 1 heterocycles.